The minimum Gasteiger partial charge on any atom is -0.312 e. The first-order valence-corrected chi connectivity index (χ1v) is 8.27. The van der Waals surface area contributed by atoms with E-state index >= 15 is 0 Å². The Balaban J connectivity index is 1.58. The monoisotopic (exact) mass is 290 g/mol. The fourth-order valence-electron chi connectivity index (χ4n) is 4.49. The molecule has 2 saturated carbocycles. The minimum absolute atomic E-state index is 0.0646. The zero-order valence-corrected chi connectivity index (χ0v) is 13.2. The first-order chi connectivity index (χ1) is 10.2. The Morgan fingerprint density at radius 3 is 2.71 bits per heavy atom. The van der Waals surface area contributed by atoms with Crippen LogP contribution < -0.4 is 5.32 Å². The Morgan fingerprint density at radius 1 is 1.29 bits per heavy atom. The molecule has 0 radical (unpaired) electrons. The van der Waals surface area contributed by atoms with E-state index in [1.807, 2.05) is 19.2 Å². The van der Waals surface area contributed by atoms with E-state index in [1.165, 1.54) is 25.7 Å². The summed E-state index contributed by atoms with van der Waals surface area (Å²) < 4.78 is 13.9. The number of halogens is 1. The third-order valence-electron chi connectivity index (χ3n) is 5.55. The maximum Gasteiger partial charge on any atom is 0.128 e. The lowest BCUT2D eigenvalue weighted by Crippen LogP contribution is -2.35. The molecule has 2 aliphatic carbocycles. The second-order valence-corrected chi connectivity index (χ2v) is 7.02. The Morgan fingerprint density at radius 2 is 2.10 bits per heavy atom. The molecule has 3 heteroatoms. The maximum absolute atomic E-state index is 13.9. The summed E-state index contributed by atoms with van der Waals surface area (Å²) in [5.41, 5.74) is 0.778. The molecular weight excluding hydrogens is 263 g/mol. The van der Waals surface area contributed by atoms with Gasteiger partial charge in [-0.1, -0.05) is 24.6 Å². The molecule has 2 nitrogen and oxygen atoms in total. The van der Waals surface area contributed by atoms with Gasteiger partial charge in [0.2, 0.25) is 0 Å². The summed E-state index contributed by atoms with van der Waals surface area (Å²) in [4.78, 5) is 2.39. The molecule has 2 aliphatic rings. The Bertz CT molecular complexity index is 476. The van der Waals surface area contributed by atoms with Gasteiger partial charge >= 0.3 is 0 Å². The van der Waals surface area contributed by atoms with Crippen molar-refractivity contribution in [3.8, 4) is 0 Å². The normalized spacial score (nSPS) is 29.2. The molecule has 0 aliphatic heterocycles. The van der Waals surface area contributed by atoms with Crippen molar-refractivity contribution < 1.29 is 4.39 Å². The van der Waals surface area contributed by atoms with Crippen LogP contribution in [0.1, 0.15) is 37.3 Å². The first kappa shape index (κ1) is 15.0. The van der Waals surface area contributed by atoms with Crippen LogP contribution in [0.25, 0.3) is 0 Å². The van der Waals surface area contributed by atoms with Gasteiger partial charge in [-0.15, -0.1) is 0 Å². The van der Waals surface area contributed by atoms with Gasteiger partial charge in [-0.3, -0.25) is 0 Å². The predicted octanol–water partition coefficient (Wildman–Crippen LogP) is 3.45. The Hall–Kier alpha value is -0.930. The van der Waals surface area contributed by atoms with E-state index in [-0.39, 0.29) is 11.9 Å². The van der Waals surface area contributed by atoms with Crippen molar-refractivity contribution in [2.24, 2.45) is 17.8 Å². The van der Waals surface area contributed by atoms with Gasteiger partial charge in [0.15, 0.2) is 0 Å². The SMILES string of the molecule is CNC(CN(C)CC1CC2CCC1C2)c1ccccc1F. The third kappa shape index (κ3) is 3.29. The summed E-state index contributed by atoms with van der Waals surface area (Å²) >= 11 is 0. The average Bonchev–Trinajstić information content (AvgIpc) is 3.08. The van der Waals surface area contributed by atoms with Crippen LogP contribution in [-0.4, -0.2) is 32.1 Å². The van der Waals surface area contributed by atoms with Crippen molar-refractivity contribution in [1.29, 1.82) is 0 Å². The number of nitrogens with zero attached hydrogens (tertiary/aromatic N) is 1. The number of hydrogen-bond acceptors (Lipinski definition) is 2. The standard InChI is InChI=1S/C18H27FN2/c1-20-18(16-5-3-4-6-17(16)19)12-21(2)11-15-10-13-7-8-14(15)9-13/h3-6,13-15,18,20H,7-12H2,1-2H3. The lowest BCUT2D eigenvalue weighted by Gasteiger charge is -2.30. The molecule has 0 amide bonds. The van der Waals surface area contributed by atoms with Crippen molar-refractivity contribution in [3.63, 3.8) is 0 Å². The molecule has 3 rings (SSSR count). The second kappa shape index (κ2) is 6.45. The molecule has 0 heterocycles. The molecule has 1 aromatic carbocycles. The van der Waals surface area contributed by atoms with Gasteiger partial charge in [0.05, 0.1) is 0 Å². The number of likely N-dealkylation sites (N-methyl/N-ethyl adjacent to an activating group) is 2. The van der Waals surface area contributed by atoms with Gasteiger partial charge in [-0.05, 0) is 57.2 Å². The second-order valence-electron chi connectivity index (χ2n) is 7.02. The van der Waals surface area contributed by atoms with E-state index in [1.54, 1.807) is 12.1 Å². The van der Waals surface area contributed by atoms with Crippen LogP contribution in [0.4, 0.5) is 4.39 Å². The van der Waals surface area contributed by atoms with Crippen molar-refractivity contribution in [2.75, 3.05) is 27.2 Å². The summed E-state index contributed by atoms with van der Waals surface area (Å²) in [6.45, 7) is 2.03. The zero-order chi connectivity index (χ0) is 14.8. The first-order valence-electron chi connectivity index (χ1n) is 8.27. The minimum atomic E-state index is -0.106. The quantitative estimate of drug-likeness (QED) is 0.863. The van der Waals surface area contributed by atoms with E-state index < -0.39 is 0 Å². The number of benzene rings is 1. The zero-order valence-electron chi connectivity index (χ0n) is 13.2. The molecule has 21 heavy (non-hydrogen) atoms. The maximum atomic E-state index is 13.9. The topological polar surface area (TPSA) is 15.3 Å². The fraction of sp³-hybridized carbons (Fsp3) is 0.667. The molecule has 2 bridgehead atoms. The molecular formula is C18H27FN2. The molecule has 2 fully saturated rings. The summed E-state index contributed by atoms with van der Waals surface area (Å²) in [5.74, 6) is 2.72. The van der Waals surface area contributed by atoms with E-state index in [2.05, 4.69) is 17.3 Å². The molecule has 1 N–H and O–H groups in total. The van der Waals surface area contributed by atoms with E-state index in [4.69, 9.17) is 0 Å². The lowest BCUT2D eigenvalue weighted by molar-refractivity contribution is 0.205. The number of rotatable bonds is 6. The molecule has 0 saturated heterocycles. The molecule has 116 valence electrons. The van der Waals surface area contributed by atoms with Gasteiger partial charge in [0, 0.05) is 24.7 Å². The van der Waals surface area contributed by atoms with Crippen LogP contribution in [0, 0.1) is 23.6 Å². The van der Waals surface area contributed by atoms with Gasteiger partial charge < -0.3 is 10.2 Å². The average molecular weight is 290 g/mol. The summed E-state index contributed by atoms with van der Waals surface area (Å²) in [6, 6.07) is 7.18. The third-order valence-corrected chi connectivity index (χ3v) is 5.55. The van der Waals surface area contributed by atoms with Gasteiger partial charge in [-0.25, -0.2) is 4.39 Å². The summed E-state index contributed by atoms with van der Waals surface area (Å²) in [7, 11) is 4.10. The number of nitrogens with one attached hydrogen (secondary N) is 1. The van der Waals surface area contributed by atoms with Crippen molar-refractivity contribution >= 4 is 0 Å². The largest absolute Gasteiger partial charge is 0.312 e. The van der Waals surface area contributed by atoms with Crippen LogP contribution in [0.5, 0.6) is 0 Å². The molecule has 0 spiro atoms. The fourth-order valence-corrected chi connectivity index (χ4v) is 4.49. The summed E-state index contributed by atoms with van der Waals surface area (Å²) in [5, 5.41) is 3.27. The van der Waals surface area contributed by atoms with Gasteiger partial charge in [-0.2, -0.15) is 0 Å². The molecule has 1 aromatic rings. The van der Waals surface area contributed by atoms with E-state index in [0.29, 0.717) is 0 Å². The van der Waals surface area contributed by atoms with E-state index in [9.17, 15) is 4.39 Å². The molecule has 4 atom stereocenters. The Kier molecular flexibility index (Phi) is 4.60. The van der Waals surface area contributed by atoms with Gasteiger partial charge in [0.1, 0.15) is 5.82 Å². The van der Waals surface area contributed by atoms with Crippen LogP contribution in [0.15, 0.2) is 24.3 Å². The molecule has 4 unspecified atom stereocenters. The van der Waals surface area contributed by atoms with E-state index in [0.717, 1.165) is 36.4 Å². The lowest BCUT2D eigenvalue weighted by atomic mass is 9.88. The van der Waals surface area contributed by atoms with Crippen molar-refractivity contribution in [2.45, 2.75) is 31.7 Å². The summed E-state index contributed by atoms with van der Waals surface area (Å²) in [6.07, 6.45) is 5.77. The van der Waals surface area contributed by atoms with Crippen molar-refractivity contribution in [1.82, 2.24) is 10.2 Å². The highest BCUT2D eigenvalue weighted by atomic mass is 19.1. The van der Waals surface area contributed by atoms with Crippen molar-refractivity contribution in [3.05, 3.63) is 35.6 Å². The van der Waals surface area contributed by atoms with Crippen LogP contribution >= 0.6 is 0 Å². The van der Waals surface area contributed by atoms with Crippen LogP contribution in [-0.2, 0) is 0 Å². The highest BCUT2D eigenvalue weighted by Gasteiger charge is 2.39. The number of fused-ring (bicyclic) bond motifs is 2. The Labute approximate surface area is 127 Å². The smallest absolute Gasteiger partial charge is 0.128 e. The number of hydrogen-bond donors (Lipinski definition) is 1. The highest BCUT2D eigenvalue weighted by molar-refractivity contribution is 5.21. The van der Waals surface area contributed by atoms with Crippen LogP contribution in [0.3, 0.4) is 0 Å². The van der Waals surface area contributed by atoms with Crippen LogP contribution in [0.2, 0.25) is 0 Å². The van der Waals surface area contributed by atoms with Gasteiger partial charge in [0.25, 0.3) is 0 Å². The molecule has 0 aromatic heterocycles. The highest BCUT2D eigenvalue weighted by Crippen LogP contribution is 2.48. The predicted molar refractivity (Wildman–Crippen MR) is 84.6 cm³/mol.